The number of carbonyl (C=O) groups is 4. The average molecular weight is 503 g/mol. The zero-order chi connectivity index (χ0) is 25.9. The maximum Gasteiger partial charge on any atom is 0.407 e. The number of morpholine rings is 1. The van der Waals surface area contributed by atoms with Gasteiger partial charge in [0.2, 0.25) is 17.7 Å². The topological polar surface area (TPSA) is 117 Å². The highest BCUT2D eigenvalue weighted by Crippen LogP contribution is 2.29. The molecule has 0 saturated carbocycles. The van der Waals surface area contributed by atoms with E-state index < -0.39 is 29.9 Å². The number of para-hydroxylation sites is 1. The summed E-state index contributed by atoms with van der Waals surface area (Å²) in [5, 5.41) is 5.40. The maximum atomic E-state index is 14.0. The summed E-state index contributed by atoms with van der Waals surface area (Å²) in [6, 6.07) is 6.88. The summed E-state index contributed by atoms with van der Waals surface area (Å²) in [6.45, 7) is 4.15. The average Bonchev–Trinajstić information content (AvgIpc) is 2.91. The molecule has 10 heteroatoms. The summed E-state index contributed by atoms with van der Waals surface area (Å²) < 4.78 is 10.1. The Labute approximate surface area is 212 Å². The first kappa shape index (κ1) is 27.4. The molecule has 10 nitrogen and oxygen atoms in total. The SMILES string of the molecule is CCCCC[C@H](NC(=O)OC)C(C(=O)NCC(=O)N1CCOCC1)C(=O)N1CCCc2ccccc21. The van der Waals surface area contributed by atoms with Crippen molar-refractivity contribution >= 4 is 29.5 Å². The summed E-state index contributed by atoms with van der Waals surface area (Å²) in [5.74, 6) is -2.41. The van der Waals surface area contributed by atoms with E-state index in [2.05, 4.69) is 17.6 Å². The number of fused-ring (bicyclic) bond motifs is 1. The predicted molar refractivity (Wildman–Crippen MR) is 134 cm³/mol. The number of hydrogen-bond donors (Lipinski definition) is 2. The lowest BCUT2D eigenvalue weighted by molar-refractivity contribution is -0.140. The van der Waals surface area contributed by atoms with Crippen LogP contribution >= 0.6 is 0 Å². The fourth-order valence-corrected chi connectivity index (χ4v) is 4.74. The van der Waals surface area contributed by atoms with E-state index in [1.165, 1.54) is 7.11 Å². The van der Waals surface area contributed by atoms with E-state index >= 15 is 0 Å². The number of nitrogens with one attached hydrogen (secondary N) is 2. The molecule has 1 saturated heterocycles. The number of rotatable bonds is 10. The lowest BCUT2D eigenvalue weighted by Crippen LogP contribution is -2.56. The van der Waals surface area contributed by atoms with Crippen LogP contribution in [0.4, 0.5) is 10.5 Å². The number of unbranched alkanes of at least 4 members (excludes halogenated alkanes) is 2. The lowest BCUT2D eigenvalue weighted by atomic mass is 9.90. The van der Waals surface area contributed by atoms with Gasteiger partial charge >= 0.3 is 6.09 Å². The molecule has 198 valence electrons. The molecule has 2 N–H and O–H groups in total. The van der Waals surface area contributed by atoms with Gasteiger partial charge in [0, 0.05) is 25.3 Å². The first-order chi connectivity index (χ1) is 17.5. The van der Waals surface area contributed by atoms with Crippen LogP contribution in [-0.4, -0.2) is 81.3 Å². The molecular formula is C26H38N4O6. The summed E-state index contributed by atoms with van der Waals surface area (Å²) in [5.41, 5.74) is 1.82. The molecule has 2 aliphatic rings. The Kier molecular flexibility index (Phi) is 10.5. The van der Waals surface area contributed by atoms with Gasteiger partial charge in [-0.3, -0.25) is 14.4 Å². The first-order valence-corrected chi connectivity index (χ1v) is 12.8. The quantitative estimate of drug-likeness (QED) is 0.373. The zero-order valence-electron chi connectivity index (χ0n) is 21.3. The largest absolute Gasteiger partial charge is 0.453 e. The Morgan fingerprint density at radius 3 is 2.56 bits per heavy atom. The van der Waals surface area contributed by atoms with Gasteiger partial charge in [-0.05, 0) is 30.9 Å². The highest BCUT2D eigenvalue weighted by atomic mass is 16.5. The van der Waals surface area contributed by atoms with Crippen LogP contribution in [0.3, 0.4) is 0 Å². The van der Waals surface area contributed by atoms with Crippen LogP contribution in [-0.2, 0) is 30.3 Å². The third-order valence-corrected chi connectivity index (χ3v) is 6.71. The van der Waals surface area contributed by atoms with Crippen molar-refractivity contribution in [3.8, 4) is 0 Å². The van der Waals surface area contributed by atoms with Crippen molar-refractivity contribution in [2.45, 2.75) is 51.5 Å². The number of aryl methyl sites for hydroxylation is 1. The third kappa shape index (κ3) is 7.19. The van der Waals surface area contributed by atoms with Gasteiger partial charge in [-0.2, -0.15) is 0 Å². The molecule has 0 spiro atoms. The van der Waals surface area contributed by atoms with Crippen molar-refractivity contribution in [1.29, 1.82) is 0 Å². The number of anilines is 1. The van der Waals surface area contributed by atoms with Crippen LogP contribution in [0.15, 0.2) is 24.3 Å². The molecule has 2 heterocycles. The van der Waals surface area contributed by atoms with E-state index in [9.17, 15) is 19.2 Å². The van der Waals surface area contributed by atoms with Gasteiger partial charge in [0.25, 0.3) is 0 Å². The lowest BCUT2D eigenvalue weighted by Gasteiger charge is -2.35. The monoisotopic (exact) mass is 502 g/mol. The van der Waals surface area contributed by atoms with Crippen LogP contribution in [0.2, 0.25) is 0 Å². The second-order valence-corrected chi connectivity index (χ2v) is 9.15. The highest BCUT2D eigenvalue weighted by molar-refractivity contribution is 6.09. The van der Waals surface area contributed by atoms with Crippen molar-refractivity contribution in [2.75, 3.05) is 51.4 Å². The molecule has 0 aliphatic carbocycles. The van der Waals surface area contributed by atoms with E-state index in [1.807, 2.05) is 24.3 Å². The molecule has 1 unspecified atom stereocenters. The summed E-state index contributed by atoms with van der Waals surface area (Å²) in [4.78, 5) is 55.6. The van der Waals surface area contributed by atoms with Crippen LogP contribution in [0, 0.1) is 5.92 Å². The third-order valence-electron chi connectivity index (χ3n) is 6.71. The Bertz CT molecular complexity index is 917. The molecule has 1 aromatic carbocycles. The number of benzene rings is 1. The number of nitrogens with zero attached hydrogens (tertiary/aromatic N) is 2. The Balaban J connectivity index is 1.84. The fraction of sp³-hybridized carbons (Fsp3) is 0.615. The molecule has 36 heavy (non-hydrogen) atoms. The summed E-state index contributed by atoms with van der Waals surface area (Å²) in [6.07, 6.45) is 3.92. The molecule has 3 rings (SSSR count). The van der Waals surface area contributed by atoms with Gasteiger partial charge in [-0.1, -0.05) is 44.4 Å². The van der Waals surface area contributed by atoms with Crippen LogP contribution in [0.1, 0.15) is 44.6 Å². The molecule has 0 radical (unpaired) electrons. The second-order valence-electron chi connectivity index (χ2n) is 9.15. The molecule has 1 fully saturated rings. The van der Waals surface area contributed by atoms with E-state index in [4.69, 9.17) is 9.47 Å². The number of amides is 4. The molecule has 0 aromatic heterocycles. The van der Waals surface area contributed by atoms with Crippen molar-refractivity contribution in [3.63, 3.8) is 0 Å². The molecule has 2 aliphatic heterocycles. The van der Waals surface area contributed by atoms with E-state index in [0.29, 0.717) is 39.3 Å². The molecule has 4 amide bonds. The second kappa shape index (κ2) is 13.8. The van der Waals surface area contributed by atoms with Crippen molar-refractivity contribution < 1.29 is 28.7 Å². The molecule has 1 aromatic rings. The van der Waals surface area contributed by atoms with Gasteiger partial charge < -0.3 is 29.9 Å². The first-order valence-electron chi connectivity index (χ1n) is 12.8. The van der Waals surface area contributed by atoms with Crippen molar-refractivity contribution in [2.24, 2.45) is 5.92 Å². The normalized spacial score (nSPS) is 16.9. The summed E-state index contributed by atoms with van der Waals surface area (Å²) in [7, 11) is 1.25. The standard InChI is InChI=1S/C26H38N4O6/c1-3-4-5-11-20(28-26(34)35-2)23(24(32)27-18-22(31)29-14-16-36-17-15-29)25(33)30-13-8-10-19-9-6-7-12-21(19)30/h6-7,9,12,20,23H,3-5,8,10-11,13-18H2,1-2H3,(H,27,32)(H,28,34)/t20-,23?/m0/s1. The van der Waals surface area contributed by atoms with Crippen LogP contribution in [0.5, 0.6) is 0 Å². The predicted octanol–water partition coefficient (Wildman–Crippen LogP) is 1.86. The minimum atomic E-state index is -1.20. The van der Waals surface area contributed by atoms with E-state index in [0.717, 1.165) is 43.4 Å². The van der Waals surface area contributed by atoms with Gasteiger partial charge in [0.1, 0.15) is 5.92 Å². The Hall–Kier alpha value is -3.14. The van der Waals surface area contributed by atoms with Gasteiger partial charge in [-0.25, -0.2) is 4.79 Å². The minimum Gasteiger partial charge on any atom is -0.453 e. The van der Waals surface area contributed by atoms with Gasteiger partial charge in [0.05, 0.1) is 32.9 Å². The number of alkyl carbamates (subject to hydrolysis) is 1. The molecule has 0 bridgehead atoms. The Morgan fingerprint density at radius 1 is 1.08 bits per heavy atom. The van der Waals surface area contributed by atoms with E-state index in [1.54, 1.807) is 9.80 Å². The van der Waals surface area contributed by atoms with Crippen LogP contribution in [0.25, 0.3) is 0 Å². The smallest absolute Gasteiger partial charge is 0.407 e. The van der Waals surface area contributed by atoms with Crippen LogP contribution < -0.4 is 15.5 Å². The minimum absolute atomic E-state index is 0.223. The number of carbonyl (C=O) groups excluding carboxylic acids is 4. The number of methoxy groups -OCH3 is 1. The summed E-state index contributed by atoms with van der Waals surface area (Å²) >= 11 is 0. The highest BCUT2D eigenvalue weighted by Gasteiger charge is 2.40. The fourth-order valence-electron chi connectivity index (χ4n) is 4.74. The molecular weight excluding hydrogens is 464 g/mol. The van der Waals surface area contributed by atoms with Crippen molar-refractivity contribution in [3.05, 3.63) is 29.8 Å². The van der Waals surface area contributed by atoms with Gasteiger partial charge in [0.15, 0.2) is 0 Å². The van der Waals surface area contributed by atoms with Gasteiger partial charge in [-0.15, -0.1) is 0 Å². The maximum absolute atomic E-state index is 14.0. The number of ether oxygens (including phenoxy) is 2. The van der Waals surface area contributed by atoms with Crippen molar-refractivity contribution in [1.82, 2.24) is 15.5 Å². The Morgan fingerprint density at radius 2 is 1.83 bits per heavy atom. The number of hydrogen-bond acceptors (Lipinski definition) is 6. The zero-order valence-corrected chi connectivity index (χ0v) is 21.3. The van der Waals surface area contributed by atoms with E-state index in [-0.39, 0.29) is 12.5 Å². The molecule has 2 atom stereocenters.